The number of nitrogens with zero attached hydrogens (tertiary/aromatic N) is 1. The van der Waals surface area contributed by atoms with Crippen molar-refractivity contribution in [3.63, 3.8) is 0 Å². The lowest BCUT2D eigenvalue weighted by Crippen LogP contribution is -2.27. The van der Waals surface area contributed by atoms with Gasteiger partial charge in [0.15, 0.2) is 5.78 Å². The van der Waals surface area contributed by atoms with Gasteiger partial charge in [0.1, 0.15) is 11.5 Å². The van der Waals surface area contributed by atoms with E-state index < -0.39 is 5.82 Å². The SMILES string of the molecule is CCCC[C@@](CC)(CO)CSc1ccc(F)cc1C(=O)c1cccc(N=O)c1. The van der Waals surface area contributed by atoms with E-state index in [1.54, 1.807) is 18.2 Å². The molecule has 0 amide bonds. The van der Waals surface area contributed by atoms with Crippen LogP contribution in [0.3, 0.4) is 0 Å². The Labute approximate surface area is 169 Å². The van der Waals surface area contributed by atoms with E-state index in [4.69, 9.17) is 0 Å². The second-order valence-electron chi connectivity index (χ2n) is 7.02. The van der Waals surface area contributed by atoms with Gasteiger partial charge in [0, 0.05) is 33.8 Å². The minimum atomic E-state index is -0.493. The van der Waals surface area contributed by atoms with Crippen molar-refractivity contribution in [3.8, 4) is 0 Å². The van der Waals surface area contributed by atoms with Gasteiger partial charge in [-0.1, -0.05) is 38.8 Å². The van der Waals surface area contributed by atoms with Crippen LogP contribution in [0.5, 0.6) is 0 Å². The molecular weight excluding hydrogens is 377 g/mol. The summed E-state index contributed by atoms with van der Waals surface area (Å²) in [6, 6.07) is 10.2. The third kappa shape index (κ3) is 5.49. The summed E-state index contributed by atoms with van der Waals surface area (Å²) in [6.45, 7) is 4.25. The van der Waals surface area contributed by atoms with E-state index >= 15 is 0 Å². The van der Waals surface area contributed by atoms with E-state index in [1.165, 1.54) is 36.0 Å². The van der Waals surface area contributed by atoms with E-state index in [9.17, 15) is 19.2 Å². The molecule has 0 aromatic heterocycles. The predicted molar refractivity (Wildman–Crippen MR) is 112 cm³/mol. The molecule has 0 fully saturated rings. The molecule has 0 saturated carbocycles. The van der Waals surface area contributed by atoms with Crippen LogP contribution in [-0.2, 0) is 0 Å². The van der Waals surface area contributed by atoms with Crippen molar-refractivity contribution in [2.45, 2.75) is 44.4 Å². The number of thioether (sulfide) groups is 1. The van der Waals surface area contributed by atoms with Gasteiger partial charge in [-0.3, -0.25) is 4.79 Å². The normalized spacial score (nSPS) is 13.1. The zero-order valence-corrected chi connectivity index (χ0v) is 17.1. The highest BCUT2D eigenvalue weighted by molar-refractivity contribution is 7.99. The number of rotatable bonds is 11. The Kier molecular flexibility index (Phi) is 8.33. The van der Waals surface area contributed by atoms with Gasteiger partial charge in [-0.15, -0.1) is 16.7 Å². The number of hydrogen-bond acceptors (Lipinski definition) is 5. The van der Waals surface area contributed by atoms with Crippen molar-refractivity contribution in [2.75, 3.05) is 12.4 Å². The van der Waals surface area contributed by atoms with E-state index in [-0.39, 0.29) is 29.1 Å². The van der Waals surface area contributed by atoms with Gasteiger partial charge in [0.05, 0.1) is 0 Å². The van der Waals surface area contributed by atoms with Crippen LogP contribution in [0.25, 0.3) is 0 Å². The Hall–Kier alpha value is -2.05. The third-order valence-electron chi connectivity index (χ3n) is 5.08. The number of aliphatic hydroxyl groups excluding tert-OH is 1. The second kappa shape index (κ2) is 10.5. The van der Waals surface area contributed by atoms with Crippen molar-refractivity contribution in [1.82, 2.24) is 0 Å². The van der Waals surface area contributed by atoms with Crippen LogP contribution in [-0.4, -0.2) is 23.2 Å². The molecule has 0 radical (unpaired) electrons. The van der Waals surface area contributed by atoms with Crippen molar-refractivity contribution in [2.24, 2.45) is 10.6 Å². The average Bonchev–Trinajstić information content (AvgIpc) is 2.74. The predicted octanol–water partition coefficient (Wildman–Crippen LogP) is 6.13. The van der Waals surface area contributed by atoms with Gasteiger partial charge in [0.2, 0.25) is 0 Å². The molecule has 0 spiro atoms. The summed E-state index contributed by atoms with van der Waals surface area (Å²) < 4.78 is 13.9. The number of hydrogen-bond donors (Lipinski definition) is 1. The highest BCUT2D eigenvalue weighted by Crippen LogP contribution is 2.37. The first-order valence-corrected chi connectivity index (χ1v) is 10.5. The zero-order chi connectivity index (χ0) is 20.6. The Balaban J connectivity index is 2.31. The first-order valence-electron chi connectivity index (χ1n) is 9.50. The average molecular weight is 404 g/mol. The van der Waals surface area contributed by atoms with Crippen LogP contribution in [0.1, 0.15) is 55.5 Å². The van der Waals surface area contributed by atoms with Gasteiger partial charge in [0.25, 0.3) is 0 Å². The maximum Gasteiger partial charge on any atom is 0.194 e. The third-order valence-corrected chi connectivity index (χ3v) is 6.50. The quantitative estimate of drug-likeness (QED) is 0.279. The lowest BCUT2D eigenvalue weighted by atomic mass is 9.83. The Morgan fingerprint density at radius 3 is 2.64 bits per heavy atom. The molecule has 0 aliphatic rings. The molecule has 2 rings (SSSR count). The summed E-state index contributed by atoms with van der Waals surface area (Å²) in [6.07, 6.45) is 3.80. The Morgan fingerprint density at radius 1 is 1.21 bits per heavy atom. The second-order valence-corrected chi connectivity index (χ2v) is 8.03. The zero-order valence-electron chi connectivity index (χ0n) is 16.3. The molecule has 1 N–H and O–H groups in total. The van der Waals surface area contributed by atoms with E-state index in [1.807, 2.05) is 0 Å². The molecular formula is C22H26FNO3S. The molecule has 28 heavy (non-hydrogen) atoms. The van der Waals surface area contributed by atoms with Crippen molar-refractivity contribution in [1.29, 1.82) is 0 Å². The minimum Gasteiger partial charge on any atom is -0.396 e. The monoisotopic (exact) mass is 403 g/mol. The Bertz CT molecular complexity index is 821. The van der Waals surface area contributed by atoms with Crippen molar-refractivity contribution >= 4 is 23.2 Å². The van der Waals surface area contributed by atoms with Gasteiger partial charge >= 0.3 is 0 Å². The summed E-state index contributed by atoms with van der Waals surface area (Å²) in [5.74, 6) is -0.207. The van der Waals surface area contributed by atoms with Gasteiger partial charge in [-0.25, -0.2) is 4.39 Å². The number of halogens is 1. The highest BCUT2D eigenvalue weighted by atomic mass is 32.2. The Morgan fingerprint density at radius 2 is 2.00 bits per heavy atom. The largest absolute Gasteiger partial charge is 0.396 e. The first-order chi connectivity index (χ1) is 13.5. The number of carbonyl (C=O) groups is 1. The summed E-state index contributed by atoms with van der Waals surface area (Å²) in [5, 5.41) is 12.8. The molecule has 0 heterocycles. The molecule has 0 unspecified atom stereocenters. The number of nitroso groups, excluding NO2 is 1. The van der Waals surface area contributed by atoms with Crippen LogP contribution in [0.4, 0.5) is 10.1 Å². The molecule has 150 valence electrons. The van der Waals surface area contributed by atoms with E-state index in [0.29, 0.717) is 16.2 Å². The van der Waals surface area contributed by atoms with Crippen molar-refractivity contribution < 1.29 is 14.3 Å². The lowest BCUT2D eigenvalue weighted by Gasteiger charge is -2.30. The van der Waals surface area contributed by atoms with Gasteiger partial charge < -0.3 is 5.11 Å². The minimum absolute atomic E-state index is 0.0774. The lowest BCUT2D eigenvalue weighted by molar-refractivity contribution is 0.103. The summed E-state index contributed by atoms with van der Waals surface area (Å²) in [7, 11) is 0. The number of aliphatic hydroxyl groups is 1. The van der Waals surface area contributed by atoms with Crippen LogP contribution < -0.4 is 0 Å². The van der Waals surface area contributed by atoms with E-state index in [0.717, 1.165) is 25.7 Å². The molecule has 4 nitrogen and oxygen atoms in total. The maximum absolute atomic E-state index is 13.9. The number of ketones is 1. The first kappa shape index (κ1) is 22.2. The van der Waals surface area contributed by atoms with Crippen LogP contribution in [0.15, 0.2) is 52.5 Å². The topological polar surface area (TPSA) is 66.7 Å². The fourth-order valence-corrected chi connectivity index (χ4v) is 4.41. The van der Waals surface area contributed by atoms with Crippen LogP contribution in [0, 0.1) is 16.1 Å². The highest BCUT2D eigenvalue weighted by Gasteiger charge is 2.28. The summed E-state index contributed by atoms with van der Waals surface area (Å²) in [4.78, 5) is 24.4. The van der Waals surface area contributed by atoms with Crippen LogP contribution >= 0.6 is 11.8 Å². The molecule has 2 aromatic rings. The fraction of sp³-hybridized carbons (Fsp3) is 0.409. The molecule has 0 aliphatic heterocycles. The molecule has 6 heteroatoms. The summed E-state index contributed by atoms with van der Waals surface area (Å²) >= 11 is 1.46. The molecule has 1 atom stereocenters. The molecule has 0 aliphatic carbocycles. The number of benzene rings is 2. The smallest absolute Gasteiger partial charge is 0.194 e. The van der Waals surface area contributed by atoms with Crippen molar-refractivity contribution in [3.05, 3.63) is 64.3 Å². The number of unbranched alkanes of at least 4 members (excludes halogenated alkanes) is 1. The summed E-state index contributed by atoms with van der Waals surface area (Å²) in [5.41, 5.74) is 0.476. The van der Waals surface area contributed by atoms with E-state index in [2.05, 4.69) is 19.0 Å². The molecule has 2 aromatic carbocycles. The number of carbonyl (C=O) groups excluding carboxylic acids is 1. The van der Waals surface area contributed by atoms with Gasteiger partial charge in [-0.2, -0.15) is 0 Å². The molecule has 0 bridgehead atoms. The maximum atomic E-state index is 13.9. The standard InChI is InChI=1S/C22H26FNO3S/c1-3-5-11-22(4-2,14-25)15-28-20-10-9-17(23)13-19(20)21(26)16-7-6-8-18(12-16)24-27/h6-10,12-13,25H,3-5,11,14-15H2,1-2H3/t22-/m0/s1. The molecule has 0 saturated heterocycles. The van der Waals surface area contributed by atoms with Gasteiger partial charge in [-0.05, 0) is 48.4 Å². The van der Waals surface area contributed by atoms with Crippen LogP contribution in [0.2, 0.25) is 0 Å². The fourth-order valence-electron chi connectivity index (χ4n) is 3.04.